The molecule has 1 aromatic rings. The summed E-state index contributed by atoms with van der Waals surface area (Å²) in [6.07, 6.45) is 0. The van der Waals surface area contributed by atoms with Gasteiger partial charge in [0.25, 0.3) is 0 Å². The molecule has 1 aliphatic rings. The van der Waals surface area contributed by atoms with Crippen LogP contribution in [0.3, 0.4) is 0 Å². The predicted octanol–water partition coefficient (Wildman–Crippen LogP) is 0.932. The molecule has 0 unspecified atom stereocenters. The van der Waals surface area contributed by atoms with Gasteiger partial charge >= 0.3 is 0 Å². The molecule has 0 aliphatic carbocycles. The van der Waals surface area contributed by atoms with E-state index in [0.717, 1.165) is 47.6 Å². The number of anilines is 2. The molecule has 1 fully saturated rings. The molecule has 6 heteroatoms. The van der Waals surface area contributed by atoms with Crippen molar-refractivity contribution in [1.29, 1.82) is 0 Å². The zero-order chi connectivity index (χ0) is 11.5. The lowest BCUT2D eigenvalue weighted by molar-refractivity contribution is 0.821. The average molecular weight is 239 g/mol. The van der Waals surface area contributed by atoms with Crippen LogP contribution in [0.25, 0.3) is 0 Å². The van der Waals surface area contributed by atoms with Crippen LogP contribution in [0.15, 0.2) is 0 Å². The van der Waals surface area contributed by atoms with Gasteiger partial charge in [0, 0.05) is 30.2 Å². The molecular formula is C10H17N5S. The summed E-state index contributed by atoms with van der Waals surface area (Å²) in [6, 6.07) is 0. The van der Waals surface area contributed by atoms with Crippen LogP contribution in [0, 0.1) is 13.8 Å². The smallest absolute Gasteiger partial charge is 0.148 e. The standard InChI is InChI=1S/C10H17N5S/c1-7-9(14-11)12-8(2)13-10(7)15-3-5-16-6-4-15/h3-6,11H2,1-2H3,(H,12,13,14). The second-order valence-electron chi connectivity index (χ2n) is 3.81. The summed E-state index contributed by atoms with van der Waals surface area (Å²) in [5, 5.41) is 0. The van der Waals surface area contributed by atoms with Gasteiger partial charge in [-0.2, -0.15) is 11.8 Å². The van der Waals surface area contributed by atoms with Crippen molar-refractivity contribution in [2.24, 2.45) is 5.84 Å². The topological polar surface area (TPSA) is 67.1 Å². The summed E-state index contributed by atoms with van der Waals surface area (Å²) < 4.78 is 0. The number of nitrogens with one attached hydrogen (secondary N) is 1. The highest BCUT2D eigenvalue weighted by Crippen LogP contribution is 2.25. The van der Waals surface area contributed by atoms with Crippen molar-refractivity contribution in [1.82, 2.24) is 9.97 Å². The van der Waals surface area contributed by atoms with E-state index in [4.69, 9.17) is 5.84 Å². The third-order valence-electron chi connectivity index (χ3n) is 2.68. The van der Waals surface area contributed by atoms with E-state index in [2.05, 4.69) is 20.3 Å². The number of nitrogens with zero attached hydrogens (tertiary/aromatic N) is 3. The Morgan fingerprint density at radius 3 is 2.56 bits per heavy atom. The minimum absolute atomic E-state index is 0.723. The van der Waals surface area contributed by atoms with Crippen LogP contribution in [-0.4, -0.2) is 34.6 Å². The highest BCUT2D eigenvalue weighted by molar-refractivity contribution is 7.99. The van der Waals surface area contributed by atoms with Gasteiger partial charge in [0.15, 0.2) is 0 Å². The minimum atomic E-state index is 0.723. The summed E-state index contributed by atoms with van der Waals surface area (Å²) >= 11 is 1.99. The summed E-state index contributed by atoms with van der Waals surface area (Å²) in [5.74, 6) is 10.3. The van der Waals surface area contributed by atoms with Gasteiger partial charge in [-0.25, -0.2) is 15.8 Å². The second-order valence-corrected chi connectivity index (χ2v) is 5.04. The normalized spacial score (nSPS) is 16.3. The Morgan fingerprint density at radius 2 is 1.94 bits per heavy atom. The zero-order valence-electron chi connectivity index (χ0n) is 9.66. The average Bonchev–Trinajstić information content (AvgIpc) is 2.33. The quantitative estimate of drug-likeness (QED) is 0.591. The SMILES string of the molecule is Cc1nc(NN)c(C)c(N2CCSCC2)n1. The maximum absolute atomic E-state index is 5.46. The molecule has 0 radical (unpaired) electrons. The third-order valence-corrected chi connectivity index (χ3v) is 3.62. The van der Waals surface area contributed by atoms with E-state index >= 15 is 0 Å². The Hall–Kier alpha value is -1.01. The van der Waals surface area contributed by atoms with E-state index < -0.39 is 0 Å². The van der Waals surface area contributed by atoms with Crippen LogP contribution >= 0.6 is 11.8 Å². The van der Waals surface area contributed by atoms with Crippen LogP contribution in [0.2, 0.25) is 0 Å². The van der Waals surface area contributed by atoms with E-state index in [1.165, 1.54) is 0 Å². The molecule has 2 heterocycles. The van der Waals surface area contributed by atoms with Crippen molar-refractivity contribution in [3.05, 3.63) is 11.4 Å². The lowest BCUT2D eigenvalue weighted by Crippen LogP contribution is -2.34. The van der Waals surface area contributed by atoms with Crippen LogP contribution in [0.5, 0.6) is 0 Å². The van der Waals surface area contributed by atoms with Gasteiger partial charge in [-0.1, -0.05) is 0 Å². The molecule has 16 heavy (non-hydrogen) atoms. The Balaban J connectivity index is 2.34. The molecular weight excluding hydrogens is 222 g/mol. The maximum atomic E-state index is 5.46. The molecule has 1 aromatic heterocycles. The number of rotatable bonds is 2. The molecule has 0 bridgehead atoms. The fraction of sp³-hybridized carbons (Fsp3) is 0.600. The molecule has 3 N–H and O–H groups in total. The molecule has 0 atom stereocenters. The Bertz CT molecular complexity index is 376. The van der Waals surface area contributed by atoms with Crippen molar-refractivity contribution in [3.63, 3.8) is 0 Å². The number of nitrogen functional groups attached to an aromatic ring is 1. The van der Waals surface area contributed by atoms with Crippen molar-refractivity contribution < 1.29 is 0 Å². The molecule has 0 saturated carbocycles. The van der Waals surface area contributed by atoms with E-state index in [0.29, 0.717) is 0 Å². The molecule has 0 amide bonds. The van der Waals surface area contributed by atoms with Crippen molar-refractivity contribution >= 4 is 23.4 Å². The van der Waals surface area contributed by atoms with Crippen molar-refractivity contribution in [3.8, 4) is 0 Å². The maximum Gasteiger partial charge on any atom is 0.148 e. The second kappa shape index (κ2) is 4.88. The number of nitrogens with two attached hydrogens (primary N) is 1. The van der Waals surface area contributed by atoms with Gasteiger partial charge < -0.3 is 10.3 Å². The van der Waals surface area contributed by atoms with Gasteiger partial charge in [0.1, 0.15) is 17.5 Å². The van der Waals surface area contributed by atoms with Crippen molar-refractivity contribution in [2.45, 2.75) is 13.8 Å². The first-order valence-corrected chi connectivity index (χ1v) is 6.52. The van der Waals surface area contributed by atoms with E-state index in [1.807, 2.05) is 25.6 Å². The minimum Gasteiger partial charge on any atom is -0.355 e. The summed E-state index contributed by atoms with van der Waals surface area (Å²) in [4.78, 5) is 11.1. The summed E-state index contributed by atoms with van der Waals surface area (Å²) in [6.45, 7) is 5.99. The first-order chi connectivity index (χ1) is 7.72. The number of aryl methyl sites for hydroxylation is 1. The zero-order valence-corrected chi connectivity index (χ0v) is 10.5. The largest absolute Gasteiger partial charge is 0.355 e. The fourth-order valence-corrected chi connectivity index (χ4v) is 2.74. The van der Waals surface area contributed by atoms with E-state index in [1.54, 1.807) is 0 Å². The number of thioether (sulfide) groups is 1. The molecule has 0 aromatic carbocycles. The van der Waals surface area contributed by atoms with Crippen molar-refractivity contribution in [2.75, 3.05) is 34.9 Å². The van der Waals surface area contributed by atoms with Crippen LogP contribution < -0.4 is 16.2 Å². The molecule has 1 saturated heterocycles. The van der Waals surface area contributed by atoms with E-state index in [-0.39, 0.29) is 0 Å². The fourth-order valence-electron chi connectivity index (χ4n) is 1.84. The van der Waals surface area contributed by atoms with Crippen LogP contribution in [-0.2, 0) is 0 Å². The van der Waals surface area contributed by atoms with Gasteiger partial charge in [-0.15, -0.1) is 0 Å². The number of aromatic nitrogens is 2. The van der Waals surface area contributed by atoms with Gasteiger partial charge in [-0.05, 0) is 13.8 Å². The van der Waals surface area contributed by atoms with E-state index in [9.17, 15) is 0 Å². The lowest BCUT2D eigenvalue weighted by atomic mass is 10.2. The third kappa shape index (κ3) is 2.22. The highest BCUT2D eigenvalue weighted by atomic mass is 32.2. The monoisotopic (exact) mass is 239 g/mol. The van der Waals surface area contributed by atoms with Crippen LogP contribution in [0.1, 0.15) is 11.4 Å². The number of hydrogen-bond donors (Lipinski definition) is 2. The highest BCUT2D eigenvalue weighted by Gasteiger charge is 2.17. The summed E-state index contributed by atoms with van der Waals surface area (Å²) in [5.41, 5.74) is 3.66. The number of hydrogen-bond acceptors (Lipinski definition) is 6. The van der Waals surface area contributed by atoms with Gasteiger partial charge in [-0.3, -0.25) is 0 Å². The summed E-state index contributed by atoms with van der Waals surface area (Å²) in [7, 11) is 0. The van der Waals surface area contributed by atoms with Gasteiger partial charge in [0.05, 0.1) is 0 Å². The first kappa shape index (κ1) is 11.5. The molecule has 2 rings (SSSR count). The van der Waals surface area contributed by atoms with Crippen LogP contribution in [0.4, 0.5) is 11.6 Å². The first-order valence-electron chi connectivity index (χ1n) is 5.37. The molecule has 0 spiro atoms. The number of hydrazine groups is 1. The lowest BCUT2D eigenvalue weighted by Gasteiger charge is -2.29. The molecule has 5 nitrogen and oxygen atoms in total. The Kier molecular flexibility index (Phi) is 3.50. The van der Waals surface area contributed by atoms with Gasteiger partial charge in [0.2, 0.25) is 0 Å². The Morgan fingerprint density at radius 1 is 1.25 bits per heavy atom. The molecule has 88 valence electrons. The Labute approximate surface area is 99.8 Å². The molecule has 1 aliphatic heterocycles. The predicted molar refractivity (Wildman–Crippen MR) is 68.9 cm³/mol.